The van der Waals surface area contributed by atoms with Gasteiger partial charge in [0.25, 0.3) is 0 Å². The number of benzene rings is 1. The first kappa shape index (κ1) is 14.6. The molecule has 2 heterocycles. The molecular formula is C16H16O6. The van der Waals surface area contributed by atoms with Gasteiger partial charge in [0.1, 0.15) is 23.0 Å². The van der Waals surface area contributed by atoms with Crippen LogP contribution < -0.4 is 10.4 Å². The molecule has 0 saturated heterocycles. The van der Waals surface area contributed by atoms with Crippen molar-refractivity contribution in [1.29, 1.82) is 0 Å². The first-order valence-electron chi connectivity index (χ1n) is 6.90. The van der Waals surface area contributed by atoms with E-state index in [9.17, 15) is 14.7 Å². The normalized spacial score (nSPS) is 22.7. The second kappa shape index (κ2) is 4.84. The van der Waals surface area contributed by atoms with Crippen LogP contribution >= 0.6 is 0 Å². The SMILES string of the molecule is CC(=O)OC1C(O)c2c(ccc3ccc(=O)oc23)OC1(C)C. The average molecular weight is 304 g/mol. The van der Waals surface area contributed by atoms with Crippen LogP contribution in [-0.2, 0) is 9.53 Å². The maximum absolute atomic E-state index is 11.5. The molecule has 2 atom stereocenters. The van der Waals surface area contributed by atoms with Gasteiger partial charge in [-0.1, -0.05) is 0 Å². The summed E-state index contributed by atoms with van der Waals surface area (Å²) in [4.78, 5) is 22.8. The van der Waals surface area contributed by atoms with Gasteiger partial charge in [-0.3, -0.25) is 4.79 Å². The molecule has 1 aromatic carbocycles. The molecule has 2 unspecified atom stereocenters. The Morgan fingerprint density at radius 2 is 1.95 bits per heavy atom. The predicted molar refractivity (Wildman–Crippen MR) is 77.7 cm³/mol. The van der Waals surface area contributed by atoms with E-state index in [2.05, 4.69) is 0 Å². The summed E-state index contributed by atoms with van der Waals surface area (Å²) >= 11 is 0. The van der Waals surface area contributed by atoms with E-state index in [0.29, 0.717) is 16.7 Å². The van der Waals surface area contributed by atoms with E-state index in [-0.39, 0.29) is 5.58 Å². The summed E-state index contributed by atoms with van der Waals surface area (Å²) in [5.41, 5.74) is -0.881. The van der Waals surface area contributed by atoms with E-state index >= 15 is 0 Å². The number of esters is 1. The Kier molecular flexibility index (Phi) is 3.21. The van der Waals surface area contributed by atoms with E-state index in [0.717, 1.165) is 0 Å². The van der Waals surface area contributed by atoms with Crippen LogP contribution in [0, 0.1) is 0 Å². The van der Waals surface area contributed by atoms with Gasteiger partial charge < -0.3 is 19.0 Å². The van der Waals surface area contributed by atoms with Crippen molar-refractivity contribution < 1.29 is 23.8 Å². The van der Waals surface area contributed by atoms with Gasteiger partial charge in [0, 0.05) is 18.4 Å². The summed E-state index contributed by atoms with van der Waals surface area (Å²) in [6.45, 7) is 4.71. The molecular weight excluding hydrogens is 288 g/mol. The maximum atomic E-state index is 11.5. The van der Waals surface area contributed by atoms with E-state index in [1.807, 2.05) is 0 Å². The molecule has 6 heteroatoms. The molecule has 116 valence electrons. The Labute approximate surface area is 126 Å². The molecule has 2 aromatic rings. The van der Waals surface area contributed by atoms with Crippen molar-refractivity contribution in [1.82, 2.24) is 0 Å². The minimum absolute atomic E-state index is 0.241. The molecule has 1 N–H and O–H groups in total. The van der Waals surface area contributed by atoms with Gasteiger partial charge >= 0.3 is 11.6 Å². The summed E-state index contributed by atoms with van der Waals surface area (Å²) < 4.78 is 16.3. The zero-order chi connectivity index (χ0) is 16.1. The van der Waals surface area contributed by atoms with Crippen LogP contribution in [0.1, 0.15) is 32.4 Å². The maximum Gasteiger partial charge on any atom is 0.336 e. The highest BCUT2D eigenvalue weighted by Crippen LogP contribution is 2.44. The highest BCUT2D eigenvalue weighted by atomic mass is 16.6. The molecule has 6 nitrogen and oxygen atoms in total. The third-order valence-corrected chi connectivity index (χ3v) is 3.72. The molecule has 1 aliphatic heterocycles. The number of carbonyl (C=O) groups excluding carboxylic acids is 1. The van der Waals surface area contributed by atoms with Crippen molar-refractivity contribution in [2.45, 2.75) is 38.6 Å². The fourth-order valence-corrected chi connectivity index (χ4v) is 2.76. The number of rotatable bonds is 1. The van der Waals surface area contributed by atoms with Crippen molar-refractivity contribution in [2.24, 2.45) is 0 Å². The molecule has 0 aliphatic carbocycles. The van der Waals surface area contributed by atoms with Crippen molar-refractivity contribution in [3.8, 4) is 5.75 Å². The minimum Gasteiger partial charge on any atom is -0.483 e. The molecule has 0 fully saturated rings. The lowest BCUT2D eigenvalue weighted by Crippen LogP contribution is -2.51. The number of hydrogen-bond acceptors (Lipinski definition) is 6. The number of ether oxygens (including phenoxy) is 2. The second-order valence-corrected chi connectivity index (χ2v) is 5.83. The zero-order valence-corrected chi connectivity index (χ0v) is 12.5. The van der Waals surface area contributed by atoms with Crippen LogP contribution in [0.4, 0.5) is 0 Å². The van der Waals surface area contributed by atoms with Crippen molar-refractivity contribution in [2.75, 3.05) is 0 Å². The van der Waals surface area contributed by atoms with Gasteiger partial charge in [0.2, 0.25) is 0 Å². The fraction of sp³-hybridized carbons (Fsp3) is 0.375. The number of fused-ring (bicyclic) bond motifs is 3. The van der Waals surface area contributed by atoms with Gasteiger partial charge in [0.15, 0.2) is 6.10 Å². The molecule has 3 rings (SSSR count). The Hall–Kier alpha value is -2.34. The quantitative estimate of drug-likeness (QED) is 0.640. The largest absolute Gasteiger partial charge is 0.483 e. The first-order chi connectivity index (χ1) is 10.3. The minimum atomic E-state index is -1.16. The van der Waals surface area contributed by atoms with Crippen molar-refractivity contribution >= 4 is 16.9 Å². The fourth-order valence-electron chi connectivity index (χ4n) is 2.76. The smallest absolute Gasteiger partial charge is 0.336 e. The summed E-state index contributed by atoms with van der Waals surface area (Å²) in [6, 6.07) is 6.35. The second-order valence-electron chi connectivity index (χ2n) is 5.83. The van der Waals surface area contributed by atoms with E-state index in [1.165, 1.54) is 13.0 Å². The lowest BCUT2D eigenvalue weighted by molar-refractivity contribution is -0.174. The van der Waals surface area contributed by atoms with Crippen molar-refractivity contribution in [3.05, 3.63) is 40.2 Å². The van der Waals surface area contributed by atoms with E-state index in [1.54, 1.807) is 32.0 Å². The highest BCUT2D eigenvalue weighted by Gasteiger charge is 2.46. The van der Waals surface area contributed by atoms with Crippen molar-refractivity contribution in [3.63, 3.8) is 0 Å². The van der Waals surface area contributed by atoms with Crippen LogP contribution in [0.15, 0.2) is 33.5 Å². The monoisotopic (exact) mass is 304 g/mol. The molecule has 0 spiro atoms. The molecule has 1 aliphatic rings. The molecule has 0 amide bonds. The topological polar surface area (TPSA) is 86.0 Å². The Bertz CT molecular complexity index is 804. The highest BCUT2D eigenvalue weighted by molar-refractivity contribution is 5.83. The molecule has 0 saturated carbocycles. The standard InChI is InChI=1S/C16H16O6/c1-8(17)20-15-13(19)12-10(22-16(15,2)3)6-4-9-5-7-11(18)21-14(9)12/h4-7,13,15,19H,1-3H3. The number of hydrogen-bond donors (Lipinski definition) is 1. The lowest BCUT2D eigenvalue weighted by Gasteiger charge is -2.41. The number of carbonyl (C=O) groups is 1. The molecule has 1 aromatic heterocycles. The first-order valence-corrected chi connectivity index (χ1v) is 6.90. The molecule has 0 radical (unpaired) electrons. The van der Waals surface area contributed by atoms with Gasteiger partial charge in [-0.05, 0) is 32.0 Å². The van der Waals surface area contributed by atoms with Gasteiger partial charge in [-0.25, -0.2) is 4.79 Å². The lowest BCUT2D eigenvalue weighted by atomic mass is 9.87. The Morgan fingerprint density at radius 1 is 1.27 bits per heavy atom. The zero-order valence-electron chi connectivity index (χ0n) is 12.5. The van der Waals surface area contributed by atoms with Gasteiger partial charge in [0.05, 0.1) is 5.56 Å². The summed E-state index contributed by atoms with van der Waals surface area (Å²) in [5, 5.41) is 11.3. The van der Waals surface area contributed by atoms with Crippen LogP contribution in [0.2, 0.25) is 0 Å². The molecule has 22 heavy (non-hydrogen) atoms. The predicted octanol–water partition coefficient (Wildman–Crippen LogP) is 1.93. The molecule has 0 bridgehead atoms. The Balaban J connectivity index is 2.23. The third-order valence-electron chi connectivity index (χ3n) is 3.72. The van der Waals surface area contributed by atoms with Gasteiger partial charge in [-0.15, -0.1) is 0 Å². The van der Waals surface area contributed by atoms with Gasteiger partial charge in [-0.2, -0.15) is 0 Å². The van der Waals surface area contributed by atoms with E-state index < -0.39 is 29.4 Å². The van der Waals surface area contributed by atoms with Crippen LogP contribution in [0.25, 0.3) is 11.0 Å². The summed E-state index contributed by atoms with van der Waals surface area (Å²) in [7, 11) is 0. The number of aliphatic hydroxyl groups excluding tert-OH is 1. The van der Waals surface area contributed by atoms with Crippen LogP contribution in [-0.4, -0.2) is 22.8 Å². The Morgan fingerprint density at radius 3 is 2.64 bits per heavy atom. The van der Waals surface area contributed by atoms with Crippen LogP contribution in [0.3, 0.4) is 0 Å². The van der Waals surface area contributed by atoms with E-state index in [4.69, 9.17) is 13.9 Å². The third kappa shape index (κ3) is 2.25. The number of aliphatic hydroxyl groups is 1. The average Bonchev–Trinajstić information content (AvgIpc) is 2.42. The summed E-state index contributed by atoms with van der Waals surface area (Å²) in [6.07, 6.45) is -2.06. The van der Waals surface area contributed by atoms with Crippen LogP contribution in [0.5, 0.6) is 5.75 Å². The summed E-state index contributed by atoms with van der Waals surface area (Å²) in [5.74, 6) is -0.117.